The van der Waals surface area contributed by atoms with Gasteiger partial charge in [0.15, 0.2) is 11.5 Å². The van der Waals surface area contributed by atoms with Gasteiger partial charge < -0.3 is 9.47 Å². The SMILES string of the molecule is COc1cc(/C=C(\C#N)C(=O)n2nc(C)cc2C)cc(I)c1OCc1ccc(Br)cc1. The van der Waals surface area contributed by atoms with Crippen LogP contribution in [0.2, 0.25) is 0 Å². The van der Waals surface area contributed by atoms with Gasteiger partial charge in [-0.2, -0.15) is 10.4 Å². The van der Waals surface area contributed by atoms with E-state index >= 15 is 0 Å². The molecule has 2 aromatic carbocycles. The van der Waals surface area contributed by atoms with Crippen molar-refractivity contribution in [3.63, 3.8) is 0 Å². The molecule has 0 aliphatic carbocycles. The fourth-order valence-electron chi connectivity index (χ4n) is 2.96. The lowest BCUT2D eigenvalue weighted by atomic mass is 10.1. The van der Waals surface area contributed by atoms with Crippen molar-refractivity contribution in [3.05, 3.63) is 78.6 Å². The lowest BCUT2D eigenvalue weighted by molar-refractivity contribution is 0.0943. The summed E-state index contributed by atoms with van der Waals surface area (Å²) in [6.45, 7) is 3.96. The zero-order chi connectivity index (χ0) is 22.5. The number of nitrogens with zero attached hydrogens (tertiary/aromatic N) is 3. The molecule has 0 aliphatic heterocycles. The molecule has 0 bridgehead atoms. The van der Waals surface area contributed by atoms with E-state index in [2.05, 4.69) is 43.6 Å². The van der Waals surface area contributed by atoms with Crippen LogP contribution in [0.1, 0.15) is 27.3 Å². The largest absolute Gasteiger partial charge is 0.493 e. The minimum atomic E-state index is -0.474. The molecule has 0 fully saturated rings. The van der Waals surface area contributed by atoms with Crippen LogP contribution in [0.5, 0.6) is 11.5 Å². The second kappa shape index (κ2) is 10.1. The molecule has 1 heterocycles. The number of aromatic nitrogens is 2. The Morgan fingerprint density at radius 2 is 1.97 bits per heavy atom. The second-order valence-electron chi connectivity index (χ2n) is 6.76. The van der Waals surface area contributed by atoms with E-state index in [1.54, 1.807) is 33.1 Å². The summed E-state index contributed by atoms with van der Waals surface area (Å²) < 4.78 is 14.5. The van der Waals surface area contributed by atoms with Crippen LogP contribution in [0.25, 0.3) is 6.08 Å². The Hall–Kier alpha value is -2.64. The molecule has 0 saturated heterocycles. The highest BCUT2D eigenvalue weighted by Gasteiger charge is 2.17. The molecule has 0 radical (unpaired) electrons. The second-order valence-corrected chi connectivity index (χ2v) is 8.84. The van der Waals surface area contributed by atoms with Gasteiger partial charge in [0.05, 0.1) is 16.4 Å². The maximum absolute atomic E-state index is 12.8. The average molecular weight is 592 g/mol. The van der Waals surface area contributed by atoms with E-state index in [0.717, 1.165) is 13.6 Å². The number of hydrogen-bond acceptors (Lipinski definition) is 5. The number of carbonyl (C=O) groups excluding carboxylic acids is 1. The minimum Gasteiger partial charge on any atom is -0.493 e. The van der Waals surface area contributed by atoms with Gasteiger partial charge in [-0.05, 0) is 84.0 Å². The molecule has 1 aromatic heterocycles. The van der Waals surface area contributed by atoms with Crippen molar-refractivity contribution in [2.75, 3.05) is 7.11 Å². The van der Waals surface area contributed by atoms with Gasteiger partial charge in [-0.1, -0.05) is 28.1 Å². The number of allylic oxidation sites excluding steroid dienone is 1. The Morgan fingerprint density at radius 1 is 1.26 bits per heavy atom. The molecule has 0 amide bonds. The number of rotatable bonds is 6. The van der Waals surface area contributed by atoms with Gasteiger partial charge in [0.2, 0.25) is 0 Å². The molecule has 158 valence electrons. The molecule has 0 spiro atoms. The van der Waals surface area contributed by atoms with Crippen molar-refractivity contribution < 1.29 is 14.3 Å². The van der Waals surface area contributed by atoms with E-state index < -0.39 is 5.91 Å². The fourth-order valence-corrected chi connectivity index (χ4v) is 4.00. The highest BCUT2D eigenvalue weighted by Crippen LogP contribution is 2.35. The third-order valence-electron chi connectivity index (χ3n) is 4.41. The zero-order valence-electron chi connectivity index (χ0n) is 17.1. The zero-order valence-corrected chi connectivity index (χ0v) is 20.9. The molecule has 0 saturated carbocycles. The average Bonchev–Trinajstić information content (AvgIpc) is 3.09. The normalized spacial score (nSPS) is 11.2. The Bertz CT molecular complexity index is 1190. The third-order valence-corrected chi connectivity index (χ3v) is 5.74. The monoisotopic (exact) mass is 591 g/mol. The van der Waals surface area contributed by atoms with Crippen molar-refractivity contribution in [3.8, 4) is 17.6 Å². The summed E-state index contributed by atoms with van der Waals surface area (Å²) in [6.07, 6.45) is 1.53. The quantitative estimate of drug-likeness (QED) is 0.209. The first kappa shape index (κ1) is 23.0. The van der Waals surface area contributed by atoms with E-state index in [1.807, 2.05) is 36.4 Å². The van der Waals surface area contributed by atoms with Gasteiger partial charge in [-0.25, -0.2) is 4.68 Å². The van der Waals surface area contributed by atoms with Crippen molar-refractivity contribution >= 4 is 50.5 Å². The van der Waals surface area contributed by atoms with E-state index in [4.69, 9.17) is 9.47 Å². The number of benzene rings is 2. The number of halogens is 2. The topological polar surface area (TPSA) is 77.1 Å². The standard InChI is InChI=1S/C23H19BrIN3O3/c1-14-8-15(2)28(27-14)23(29)18(12-26)9-17-10-20(25)22(21(11-17)30-3)31-13-16-4-6-19(24)7-5-16/h4-11H,13H2,1-3H3/b18-9+. The van der Waals surface area contributed by atoms with Crippen molar-refractivity contribution in [2.45, 2.75) is 20.5 Å². The summed E-state index contributed by atoms with van der Waals surface area (Å²) in [6, 6.07) is 15.2. The van der Waals surface area contributed by atoms with E-state index in [1.165, 1.54) is 10.8 Å². The summed E-state index contributed by atoms with van der Waals surface area (Å²) >= 11 is 5.57. The van der Waals surface area contributed by atoms with E-state index in [0.29, 0.717) is 35.1 Å². The molecule has 3 aromatic rings. The Labute approximate surface area is 202 Å². The molecular formula is C23H19BrIN3O3. The van der Waals surface area contributed by atoms with Crippen LogP contribution >= 0.6 is 38.5 Å². The molecule has 8 heteroatoms. The number of aryl methyl sites for hydroxylation is 2. The van der Waals surface area contributed by atoms with Gasteiger partial charge in [0, 0.05) is 10.2 Å². The number of carbonyl (C=O) groups is 1. The highest BCUT2D eigenvalue weighted by molar-refractivity contribution is 14.1. The van der Waals surface area contributed by atoms with Gasteiger partial charge in [-0.15, -0.1) is 0 Å². The van der Waals surface area contributed by atoms with Crippen molar-refractivity contribution in [1.82, 2.24) is 9.78 Å². The lowest BCUT2D eigenvalue weighted by Crippen LogP contribution is -2.15. The summed E-state index contributed by atoms with van der Waals surface area (Å²) in [5, 5.41) is 13.7. The number of hydrogen-bond donors (Lipinski definition) is 0. The molecule has 0 unspecified atom stereocenters. The number of methoxy groups -OCH3 is 1. The Balaban J connectivity index is 1.88. The first-order valence-corrected chi connectivity index (χ1v) is 11.1. The van der Waals surface area contributed by atoms with Gasteiger partial charge in [-0.3, -0.25) is 4.79 Å². The van der Waals surface area contributed by atoms with Crippen LogP contribution in [0, 0.1) is 28.7 Å². The highest BCUT2D eigenvalue weighted by atomic mass is 127. The van der Waals surface area contributed by atoms with Gasteiger partial charge in [0.25, 0.3) is 5.91 Å². The molecule has 0 atom stereocenters. The summed E-state index contributed by atoms with van der Waals surface area (Å²) in [7, 11) is 1.55. The summed E-state index contributed by atoms with van der Waals surface area (Å²) in [5.74, 6) is 0.648. The van der Waals surface area contributed by atoms with Crippen LogP contribution in [-0.2, 0) is 6.61 Å². The van der Waals surface area contributed by atoms with E-state index in [9.17, 15) is 10.1 Å². The maximum atomic E-state index is 12.8. The minimum absolute atomic E-state index is 0.0208. The molecule has 0 N–H and O–H groups in total. The smallest absolute Gasteiger partial charge is 0.289 e. The molecule has 3 rings (SSSR count). The first-order chi connectivity index (χ1) is 14.8. The van der Waals surface area contributed by atoms with Gasteiger partial charge in [0.1, 0.15) is 18.2 Å². The van der Waals surface area contributed by atoms with Crippen LogP contribution in [0.4, 0.5) is 0 Å². The van der Waals surface area contributed by atoms with Crippen molar-refractivity contribution in [1.29, 1.82) is 5.26 Å². The van der Waals surface area contributed by atoms with Crippen LogP contribution in [0.15, 0.2) is 52.5 Å². The fraction of sp³-hybridized carbons (Fsp3) is 0.174. The predicted octanol–water partition coefficient (Wildman–Crippen LogP) is 5.70. The van der Waals surface area contributed by atoms with Crippen LogP contribution < -0.4 is 9.47 Å². The maximum Gasteiger partial charge on any atom is 0.289 e. The van der Waals surface area contributed by atoms with Crippen LogP contribution in [-0.4, -0.2) is 22.8 Å². The number of nitriles is 1. The third kappa shape index (κ3) is 5.54. The summed E-state index contributed by atoms with van der Waals surface area (Å²) in [4.78, 5) is 12.8. The summed E-state index contributed by atoms with van der Waals surface area (Å²) in [5.41, 5.74) is 3.04. The van der Waals surface area contributed by atoms with E-state index in [-0.39, 0.29) is 5.57 Å². The molecule has 31 heavy (non-hydrogen) atoms. The van der Waals surface area contributed by atoms with Gasteiger partial charge >= 0.3 is 0 Å². The molecule has 0 aliphatic rings. The lowest BCUT2D eigenvalue weighted by Gasteiger charge is -2.14. The van der Waals surface area contributed by atoms with Crippen LogP contribution in [0.3, 0.4) is 0 Å². The van der Waals surface area contributed by atoms with Crippen molar-refractivity contribution in [2.24, 2.45) is 0 Å². The Kier molecular flexibility index (Phi) is 7.51. The molecular weight excluding hydrogens is 573 g/mol. The predicted molar refractivity (Wildman–Crippen MR) is 130 cm³/mol. The number of ether oxygens (including phenoxy) is 2. The Morgan fingerprint density at radius 3 is 2.55 bits per heavy atom. The molecule has 6 nitrogen and oxygen atoms in total. The first-order valence-electron chi connectivity index (χ1n) is 9.27.